The van der Waals surface area contributed by atoms with Gasteiger partial charge in [0, 0.05) is 18.5 Å². The summed E-state index contributed by atoms with van der Waals surface area (Å²) in [5.41, 5.74) is 2.74. The smallest absolute Gasteiger partial charge is 0.251 e. The molecule has 0 spiro atoms. The molecule has 0 saturated carbocycles. The minimum Gasteiger partial charge on any atom is -0.352 e. The summed E-state index contributed by atoms with van der Waals surface area (Å²) in [5.74, 6) is 0.0499. The molecule has 24 heavy (non-hydrogen) atoms. The molecule has 3 nitrogen and oxygen atoms in total. The van der Waals surface area contributed by atoms with Gasteiger partial charge in [0.25, 0.3) is 5.91 Å². The molecule has 0 unspecified atom stereocenters. The van der Waals surface area contributed by atoms with E-state index in [4.69, 9.17) is 0 Å². The first-order chi connectivity index (χ1) is 11.7. The van der Waals surface area contributed by atoms with Crippen molar-refractivity contribution in [1.82, 2.24) is 5.32 Å². The molecule has 0 radical (unpaired) electrons. The molecule has 0 aliphatic rings. The van der Waals surface area contributed by atoms with Crippen molar-refractivity contribution in [3.63, 3.8) is 0 Å². The number of hydrogen-bond donors (Lipinski definition) is 1. The van der Waals surface area contributed by atoms with Crippen LogP contribution < -0.4 is 5.32 Å². The fourth-order valence-electron chi connectivity index (χ4n) is 2.27. The Labute approximate surface area is 143 Å². The van der Waals surface area contributed by atoms with Crippen LogP contribution >= 0.6 is 0 Å². The number of rotatable bonds is 8. The normalized spacial score (nSPS) is 10.7. The minimum atomic E-state index is -0.0507. The maximum atomic E-state index is 11.9. The van der Waals surface area contributed by atoms with Crippen LogP contribution in [0.3, 0.4) is 0 Å². The van der Waals surface area contributed by atoms with Crippen LogP contribution in [0.4, 0.5) is 0 Å². The first kappa shape index (κ1) is 17.7. The van der Waals surface area contributed by atoms with Crippen LogP contribution in [0.25, 0.3) is 6.08 Å². The summed E-state index contributed by atoms with van der Waals surface area (Å²) in [6.07, 6.45) is 5.52. The molecule has 1 N–H and O–H groups in total. The van der Waals surface area contributed by atoms with Crippen molar-refractivity contribution in [1.29, 1.82) is 0 Å². The number of carbonyl (C=O) groups is 2. The number of ketones is 1. The van der Waals surface area contributed by atoms with Crippen LogP contribution in [0.1, 0.15) is 41.3 Å². The van der Waals surface area contributed by atoms with E-state index in [1.54, 1.807) is 6.08 Å². The van der Waals surface area contributed by atoms with Gasteiger partial charge in [-0.2, -0.15) is 0 Å². The topological polar surface area (TPSA) is 46.2 Å². The van der Waals surface area contributed by atoms with Crippen LogP contribution in [0.15, 0.2) is 60.7 Å². The van der Waals surface area contributed by atoms with Crippen LogP contribution in [0, 0.1) is 0 Å². The molecule has 0 heterocycles. The molecule has 0 bridgehead atoms. The number of aryl methyl sites for hydroxylation is 1. The second-order valence-corrected chi connectivity index (χ2v) is 5.66. The van der Waals surface area contributed by atoms with E-state index in [2.05, 4.69) is 5.32 Å². The maximum Gasteiger partial charge on any atom is 0.251 e. The van der Waals surface area contributed by atoms with Gasteiger partial charge >= 0.3 is 0 Å². The van der Waals surface area contributed by atoms with Gasteiger partial charge in [-0.15, -0.1) is 0 Å². The van der Waals surface area contributed by atoms with Crippen LogP contribution in [-0.4, -0.2) is 18.2 Å². The lowest BCUT2D eigenvalue weighted by Crippen LogP contribution is -2.23. The summed E-state index contributed by atoms with van der Waals surface area (Å²) in [4.78, 5) is 23.8. The lowest BCUT2D eigenvalue weighted by molar-refractivity contribution is -0.114. The quantitative estimate of drug-likeness (QED) is 0.746. The van der Waals surface area contributed by atoms with Crippen molar-refractivity contribution < 1.29 is 9.59 Å². The maximum absolute atomic E-state index is 11.9. The fourth-order valence-corrected chi connectivity index (χ4v) is 2.27. The Morgan fingerprint density at radius 3 is 2.38 bits per heavy atom. The van der Waals surface area contributed by atoms with E-state index in [0.29, 0.717) is 24.9 Å². The van der Waals surface area contributed by atoms with Gasteiger partial charge < -0.3 is 5.32 Å². The molecule has 0 aliphatic heterocycles. The summed E-state index contributed by atoms with van der Waals surface area (Å²) in [6, 6.07) is 17.2. The zero-order valence-corrected chi connectivity index (χ0v) is 14.0. The van der Waals surface area contributed by atoms with Gasteiger partial charge in [-0.05, 0) is 42.2 Å². The Bertz CT molecular complexity index is 688. The summed E-state index contributed by atoms with van der Waals surface area (Å²) in [5, 5.41) is 2.85. The van der Waals surface area contributed by atoms with E-state index in [-0.39, 0.29) is 11.7 Å². The second kappa shape index (κ2) is 9.46. The average molecular weight is 321 g/mol. The standard InChI is InChI=1S/C21H23NO2/c1-2-16-22-21(24)19-12-8-18(9-13-19)11-15-20(23)14-10-17-6-4-3-5-7-17/h3-10,12-14H,2,11,15-16H2,1H3,(H,22,24)/b14-10+. The highest BCUT2D eigenvalue weighted by molar-refractivity contribution is 5.94. The molecule has 3 heteroatoms. The van der Waals surface area contributed by atoms with Crippen molar-refractivity contribution in [2.45, 2.75) is 26.2 Å². The number of benzene rings is 2. The average Bonchev–Trinajstić information content (AvgIpc) is 2.64. The highest BCUT2D eigenvalue weighted by Crippen LogP contribution is 2.08. The van der Waals surface area contributed by atoms with Gasteiger partial charge in [0.15, 0.2) is 5.78 Å². The predicted molar refractivity (Wildman–Crippen MR) is 97.9 cm³/mol. The van der Waals surface area contributed by atoms with Gasteiger partial charge in [-0.1, -0.05) is 55.5 Å². The van der Waals surface area contributed by atoms with Gasteiger partial charge in [0.2, 0.25) is 0 Å². The molecule has 0 fully saturated rings. The SMILES string of the molecule is CCCNC(=O)c1ccc(CCC(=O)/C=C/c2ccccc2)cc1. The minimum absolute atomic E-state index is 0.0507. The highest BCUT2D eigenvalue weighted by atomic mass is 16.1. The Morgan fingerprint density at radius 1 is 1.00 bits per heavy atom. The number of allylic oxidation sites excluding steroid dienone is 1. The molecule has 0 saturated heterocycles. The van der Waals surface area contributed by atoms with Gasteiger partial charge in [0.05, 0.1) is 0 Å². The largest absolute Gasteiger partial charge is 0.352 e. The Kier molecular flexibility index (Phi) is 6.96. The molecule has 124 valence electrons. The van der Waals surface area contributed by atoms with Gasteiger partial charge in [0.1, 0.15) is 0 Å². The summed E-state index contributed by atoms with van der Waals surface area (Å²) in [6.45, 7) is 2.70. The van der Waals surface area contributed by atoms with Crippen molar-refractivity contribution in [2.75, 3.05) is 6.54 Å². The van der Waals surface area contributed by atoms with Gasteiger partial charge in [-0.25, -0.2) is 0 Å². The van der Waals surface area contributed by atoms with E-state index in [9.17, 15) is 9.59 Å². The number of hydrogen-bond acceptors (Lipinski definition) is 2. The molecule has 2 aromatic carbocycles. The van der Waals surface area contributed by atoms with Crippen molar-refractivity contribution in [3.8, 4) is 0 Å². The molecule has 1 amide bonds. The van der Waals surface area contributed by atoms with Crippen molar-refractivity contribution in [3.05, 3.63) is 77.4 Å². The van der Waals surface area contributed by atoms with Crippen molar-refractivity contribution >= 4 is 17.8 Å². The zero-order chi connectivity index (χ0) is 17.2. The Morgan fingerprint density at radius 2 is 1.71 bits per heavy atom. The van der Waals surface area contributed by atoms with Crippen molar-refractivity contribution in [2.24, 2.45) is 0 Å². The van der Waals surface area contributed by atoms with Crippen LogP contribution in [0.2, 0.25) is 0 Å². The van der Waals surface area contributed by atoms with E-state index in [1.165, 1.54) is 0 Å². The fraction of sp³-hybridized carbons (Fsp3) is 0.238. The molecule has 2 aromatic rings. The number of nitrogens with one attached hydrogen (secondary N) is 1. The molecular weight excluding hydrogens is 298 g/mol. The van der Waals surface area contributed by atoms with E-state index >= 15 is 0 Å². The zero-order valence-electron chi connectivity index (χ0n) is 14.0. The van der Waals surface area contributed by atoms with Crippen LogP contribution in [0.5, 0.6) is 0 Å². The molecule has 2 rings (SSSR count). The molecule has 0 aliphatic carbocycles. The van der Waals surface area contributed by atoms with E-state index < -0.39 is 0 Å². The molecule has 0 aromatic heterocycles. The number of amides is 1. The van der Waals surface area contributed by atoms with Crippen LogP contribution in [-0.2, 0) is 11.2 Å². The third-order valence-corrected chi connectivity index (χ3v) is 3.67. The Balaban J connectivity index is 1.82. The highest BCUT2D eigenvalue weighted by Gasteiger charge is 2.05. The predicted octanol–water partition coefficient (Wildman–Crippen LogP) is 4.04. The third-order valence-electron chi connectivity index (χ3n) is 3.67. The lowest BCUT2D eigenvalue weighted by atomic mass is 10.0. The van der Waals surface area contributed by atoms with Gasteiger partial charge in [-0.3, -0.25) is 9.59 Å². The van der Waals surface area contributed by atoms with E-state index in [1.807, 2.05) is 67.6 Å². The first-order valence-corrected chi connectivity index (χ1v) is 8.32. The summed E-state index contributed by atoms with van der Waals surface area (Å²) in [7, 11) is 0. The molecular formula is C21H23NO2. The molecule has 0 atom stereocenters. The monoisotopic (exact) mass is 321 g/mol. The first-order valence-electron chi connectivity index (χ1n) is 8.32. The third kappa shape index (κ3) is 5.84. The summed E-state index contributed by atoms with van der Waals surface area (Å²) < 4.78 is 0. The Hall–Kier alpha value is -2.68. The number of carbonyl (C=O) groups excluding carboxylic acids is 2. The summed E-state index contributed by atoms with van der Waals surface area (Å²) >= 11 is 0. The lowest BCUT2D eigenvalue weighted by Gasteiger charge is -2.05. The van der Waals surface area contributed by atoms with E-state index in [0.717, 1.165) is 17.5 Å². The second-order valence-electron chi connectivity index (χ2n) is 5.66.